The maximum absolute atomic E-state index is 9.91. The average molecular weight is 286 g/mol. The molecule has 0 amide bonds. The summed E-state index contributed by atoms with van der Waals surface area (Å²) in [5.74, 6) is 1.56. The van der Waals surface area contributed by atoms with Crippen LogP contribution in [0.15, 0.2) is 0 Å². The lowest BCUT2D eigenvalue weighted by molar-refractivity contribution is -0.111. The van der Waals surface area contributed by atoms with Crippen LogP contribution in [0.2, 0.25) is 0 Å². The Bertz CT molecular complexity index is 190. The van der Waals surface area contributed by atoms with Gasteiger partial charge in [-0.1, -0.05) is 13.8 Å². The number of hydrogen-bond acceptors (Lipinski definition) is 7. The molecule has 5 N–H and O–H groups in total. The minimum atomic E-state index is -1.55. The molecular weight excluding hydrogens is 264 g/mol. The van der Waals surface area contributed by atoms with E-state index >= 15 is 0 Å². The highest BCUT2D eigenvalue weighted by molar-refractivity contribution is 8.17. The maximum atomic E-state index is 9.91. The Morgan fingerprint density at radius 2 is 1.29 bits per heavy atom. The first-order valence-corrected chi connectivity index (χ1v) is 7.65. The van der Waals surface area contributed by atoms with Crippen LogP contribution in [0.5, 0.6) is 0 Å². The van der Waals surface area contributed by atoms with Gasteiger partial charge < -0.3 is 25.5 Å². The molecule has 0 rings (SSSR count). The Morgan fingerprint density at radius 3 is 1.65 bits per heavy atom. The van der Waals surface area contributed by atoms with Gasteiger partial charge in [0.1, 0.15) is 24.4 Å². The summed E-state index contributed by atoms with van der Waals surface area (Å²) in [7, 11) is 0. The summed E-state index contributed by atoms with van der Waals surface area (Å²) in [5.41, 5.74) is 0. The van der Waals surface area contributed by atoms with Crippen molar-refractivity contribution < 1.29 is 25.5 Å². The van der Waals surface area contributed by atoms with Crippen molar-refractivity contribution in [1.82, 2.24) is 0 Å². The molecule has 4 atom stereocenters. The van der Waals surface area contributed by atoms with Crippen LogP contribution >= 0.6 is 23.5 Å². The highest BCUT2D eigenvalue weighted by Gasteiger charge is 2.34. The zero-order valence-electron chi connectivity index (χ0n) is 10.1. The topological polar surface area (TPSA) is 101 Å². The Morgan fingerprint density at radius 1 is 0.824 bits per heavy atom. The first kappa shape index (κ1) is 17.5. The second kappa shape index (κ2) is 9.43. The van der Waals surface area contributed by atoms with Crippen LogP contribution in [0.1, 0.15) is 13.8 Å². The van der Waals surface area contributed by atoms with Gasteiger partial charge in [-0.2, -0.15) is 0 Å². The smallest absolute Gasteiger partial charge is 0.111 e. The largest absolute Gasteiger partial charge is 0.394 e. The first-order chi connectivity index (χ1) is 7.99. The standard InChI is InChI=1S/C10H22O5S2/c1-3-16-10(17-4-2)9(15)8(14)7(13)6(12)5-11/h6-15H,3-5H2,1-2H3/t6-,7-,8+,9+/m1/s1. The Labute approximate surface area is 110 Å². The van der Waals surface area contributed by atoms with Gasteiger partial charge in [-0.05, 0) is 11.5 Å². The molecule has 0 radical (unpaired) electrons. The van der Waals surface area contributed by atoms with Gasteiger partial charge in [-0.15, -0.1) is 23.5 Å². The van der Waals surface area contributed by atoms with E-state index in [9.17, 15) is 20.4 Å². The van der Waals surface area contributed by atoms with Crippen molar-refractivity contribution >= 4 is 23.5 Å². The molecule has 0 fully saturated rings. The van der Waals surface area contributed by atoms with E-state index in [1.165, 1.54) is 23.5 Å². The number of rotatable bonds is 9. The minimum Gasteiger partial charge on any atom is -0.394 e. The average Bonchev–Trinajstić information content (AvgIpc) is 2.34. The van der Waals surface area contributed by atoms with Gasteiger partial charge in [0.05, 0.1) is 11.2 Å². The Balaban J connectivity index is 4.46. The zero-order valence-corrected chi connectivity index (χ0v) is 11.7. The fourth-order valence-electron chi connectivity index (χ4n) is 1.27. The molecular formula is C10H22O5S2. The molecule has 17 heavy (non-hydrogen) atoms. The van der Waals surface area contributed by atoms with Crippen molar-refractivity contribution in [2.45, 2.75) is 42.8 Å². The Kier molecular flexibility index (Phi) is 9.71. The van der Waals surface area contributed by atoms with E-state index in [2.05, 4.69) is 0 Å². The van der Waals surface area contributed by atoms with Gasteiger partial charge in [-0.3, -0.25) is 0 Å². The van der Waals surface area contributed by atoms with Gasteiger partial charge in [-0.25, -0.2) is 0 Å². The molecule has 0 saturated carbocycles. The SMILES string of the molecule is CCSC(SCC)[C@@H](O)[C@@H](O)[C@H](O)[C@H](O)CO. The third-order valence-electron chi connectivity index (χ3n) is 2.22. The second-order valence-corrected chi connectivity index (χ2v) is 6.64. The van der Waals surface area contributed by atoms with Crippen LogP contribution in [0.4, 0.5) is 0 Å². The lowest BCUT2D eigenvalue weighted by Gasteiger charge is -2.30. The molecule has 7 heteroatoms. The number of aliphatic hydroxyl groups excluding tert-OH is 5. The summed E-state index contributed by atoms with van der Waals surface area (Å²) >= 11 is 2.94. The molecule has 104 valence electrons. The molecule has 0 aromatic heterocycles. The summed E-state index contributed by atoms with van der Waals surface area (Å²) in [6.45, 7) is 3.22. The summed E-state index contributed by atoms with van der Waals surface area (Å²) in [5, 5.41) is 47.0. The van der Waals surface area contributed by atoms with Crippen molar-refractivity contribution in [2.24, 2.45) is 0 Å². The van der Waals surface area contributed by atoms with Crippen LogP contribution in [0.3, 0.4) is 0 Å². The molecule has 5 nitrogen and oxygen atoms in total. The number of thioether (sulfide) groups is 2. The summed E-state index contributed by atoms with van der Waals surface area (Å²) in [6.07, 6.45) is -5.62. The van der Waals surface area contributed by atoms with Gasteiger partial charge in [0.2, 0.25) is 0 Å². The zero-order chi connectivity index (χ0) is 13.4. The molecule has 0 aliphatic rings. The summed E-state index contributed by atoms with van der Waals surface area (Å²) < 4.78 is -0.263. The van der Waals surface area contributed by atoms with Crippen molar-refractivity contribution in [1.29, 1.82) is 0 Å². The van der Waals surface area contributed by atoms with E-state index in [0.717, 1.165) is 11.5 Å². The lowest BCUT2D eigenvalue weighted by Crippen LogP contribution is -2.48. The molecule has 0 spiro atoms. The van der Waals surface area contributed by atoms with E-state index in [4.69, 9.17) is 5.11 Å². The highest BCUT2D eigenvalue weighted by Crippen LogP contribution is 2.29. The van der Waals surface area contributed by atoms with Crippen molar-refractivity contribution in [3.05, 3.63) is 0 Å². The summed E-state index contributed by atoms with van der Waals surface area (Å²) in [4.78, 5) is 0. The van der Waals surface area contributed by atoms with E-state index in [1.54, 1.807) is 0 Å². The molecule has 0 heterocycles. The summed E-state index contributed by atoms with van der Waals surface area (Å²) in [6, 6.07) is 0. The normalized spacial score (nSPS) is 19.1. The molecule has 0 bridgehead atoms. The van der Waals surface area contributed by atoms with E-state index in [1.807, 2.05) is 13.8 Å². The van der Waals surface area contributed by atoms with Crippen molar-refractivity contribution in [3.8, 4) is 0 Å². The second-order valence-electron chi connectivity index (χ2n) is 3.50. The number of aliphatic hydroxyl groups is 5. The molecule has 0 saturated heterocycles. The van der Waals surface area contributed by atoms with Gasteiger partial charge in [0.15, 0.2) is 0 Å². The monoisotopic (exact) mass is 286 g/mol. The number of hydrogen-bond donors (Lipinski definition) is 5. The van der Waals surface area contributed by atoms with Crippen molar-refractivity contribution in [3.63, 3.8) is 0 Å². The Hall–Kier alpha value is 0.500. The van der Waals surface area contributed by atoms with Crippen LogP contribution in [0.25, 0.3) is 0 Å². The van der Waals surface area contributed by atoms with E-state index in [0.29, 0.717) is 0 Å². The molecule has 0 unspecified atom stereocenters. The third-order valence-corrected chi connectivity index (χ3v) is 4.92. The van der Waals surface area contributed by atoms with Crippen LogP contribution in [-0.4, -0.2) is 72.6 Å². The quantitative estimate of drug-likeness (QED) is 0.356. The fourth-order valence-corrected chi connectivity index (χ4v) is 3.85. The molecule has 0 aliphatic carbocycles. The minimum absolute atomic E-state index is 0.263. The third kappa shape index (κ3) is 5.78. The predicted molar refractivity (Wildman–Crippen MR) is 71.2 cm³/mol. The van der Waals surface area contributed by atoms with Crippen LogP contribution in [-0.2, 0) is 0 Å². The van der Waals surface area contributed by atoms with Gasteiger partial charge in [0, 0.05) is 0 Å². The molecule has 0 aromatic carbocycles. The first-order valence-electron chi connectivity index (χ1n) is 5.55. The maximum Gasteiger partial charge on any atom is 0.111 e. The van der Waals surface area contributed by atoms with Crippen LogP contribution in [0, 0.1) is 0 Å². The fraction of sp³-hybridized carbons (Fsp3) is 1.00. The lowest BCUT2D eigenvalue weighted by atomic mass is 10.0. The van der Waals surface area contributed by atoms with Gasteiger partial charge >= 0.3 is 0 Å². The van der Waals surface area contributed by atoms with Crippen LogP contribution < -0.4 is 0 Å². The van der Waals surface area contributed by atoms with E-state index < -0.39 is 31.0 Å². The highest BCUT2D eigenvalue weighted by atomic mass is 32.2. The van der Waals surface area contributed by atoms with Gasteiger partial charge in [0.25, 0.3) is 0 Å². The van der Waals surface area contributed by atoms with Crippen molar-refractivity contribution in [2.75, 3.05) is 18.1 Å². The predicted octanol–water partition coefficient (Wildman–Crippen LogP) is -0.745. The van der Waals surface area contributed by atoms with E-state index in [-0.39, 0.29) is 4.58 Å². The molecule has 0 aromatic rings. The molecule has 0 aliphatic heterocycles.